The predicted molar refractivity (Wildman–Crippen MR) is 105 cm³/mol. The summed E-state index contributed by atoms with van der Waals surface area (Å²) in [5.41, 5.74) is 0. The van der Waals surface area contributed by atoms with Crippen molar-refractivity contribution in [3.63, 3.8) is 0 Å². The summed E-state index contributed by atoms with van der Waals surface area (Å²) in [5.74, 6) is -0.475. The second-order valence-electron chi connectivity index (χ2n) is 8.87. The average molecular weight is 397 g/mol. The normalized spacial score (nSPS) is 15.4. The zero-order valence-electron chi connectivity index (χ0n) is 16.8. The number of rotatable bonds is 9. The van der Waals surface area contributed by atoms with Crippen LogP contribution in [-0.2, 0) is 21.6 Å². The lowest BCUT2D eigenvalue weighted by molar-refractivity contribution is -0.144. The first-order valence-corrected chi connectivity index (χ1v) is 20.2. The van der Waals surface area contributed by atoms with Crippen molar-refractivity contribution in [2.24, 2.45) is 5.92 Å². The minimum absolute atomic E-state index is 0.192. The molecule has 5 nitrogen and oxygen atoms in total. The highest BCUT2D eigenvalue weighted by atomic mass is 28.5. The summed E-state index contributed by atoms with van der Waals surface area (Å²) in [6.45, 7) is 22.4. The van der Waals surface area contributed by atoms with Gasteiger partial charge in [-0.15, -0.1) is 0 Å². The van der Waals surface area contributed by atoms with Gasteiger partial charge >= 0.3 is 9.05 Å². The van der Waals surface area contributed by atoms with E-state index in [1.54, 1.807) is 0 Å². The molecule has 0 aliphatic rings. The van der Waals surface area contributed by atoms with E-state index in [9.17, 15) is 4.79 Å². The number of carbonyl (C=O) groups excluding carboxylic acids is 1. The number of hydrogen-bond donors (Lipinski definition) is 0. The highest BCUT2D eigenvalue weighted by Crippen LogP contribution is 2.27. The highest BCUT2D eigenvalue weighted by molar-refractivity contribution is 6.88. The van der Waals surface area contributed by atoms with Crippen LogP contribution < -0.4 is 0 Å². The van der Waals surface area contributed by atoms with Gasteiger partial charge in [0.15, 0.2) is 25.0 Å². The maximum absolute atomic E-state index is 12.5. The molecule has 0 N–H and O–H groups in total. The molecule has 0 radical (unpaired) electrons. The van der Waals surface area contributed by atoms with E-state index in [0.29, 0.717) is 0 Å². The fraction of sp³-hybridized carbons (Fsp3) is 0.929. The first-order chi connectivity index (χ1) is 9.99. The second kappa shape index (κ2) is 8.06. The van der Waals surface area contributed by atoms with Gasteiger partial charge in [-0.1, -0.05) is 13.8 Å². The SMILES string of the molecule is CCC(C)C(=O)O[Si](O[Si](C)(C)C)(O[Si](C)(C)C)O[Si](C)(C)C. The van der Waals surface area contributed by atoms with Crippen LogP contribution in [0.3, 0.4) is 0 Å². The Hall–Kier alpha value is 0.218. The first kappa shape index (κ1) is 23.2. The minimum atomic E-state index is -3.51. The van der Waals surface area contributed by atoms with Gasteiger partial charge in [0, 0.05) is 0 Å². The molecule has 0 heterocycles. The Morgan fingerprint density at radius 2 is 1.09 bits per heavy atom. The van der Waals surface area contributed by atoms with Crippen molar-refractivity contribution in [1.82, 2.24) is 0 Å². The van der Waals surface area contributed by atoms with Crippen LogP contribution in [0.5, 0.6) is 0 Å². The van der Waals surface area contributed by atoms with Crippen LogP contribution in [0, 0.1) is 5.92 Å². The zero-order chi connectivity index (χ0) is 18.7. The lowest BCUT2D eigenvalue weighted by Gasteiger charge is -2.40. The Morgan fingerprint density at radius 1 is 0.783 bits per heavy atom. The van der Waals surface area contributed by atoms with Crippen molar-refractivity contribution in [2.75, 3.05) is 0 Å². The summed E-state index contributed by atoms with van der Waals surface area (Å²) in [6, 6.07) is 0. The molecule has 1 atom stereocenters. The van der Waals surface area contributed by atoms with Gasteiger partial charge in [0.2, 0.25) is 0 Å². The van der Waals surface area contributed by atoms with Gasteiger partial charge in [0.1, 0.15) is 0 Å². The second-order valence-corrected chi connectivity index (χ2v) is 25.2. The van der Waals surface area contributed by atoms with E-state index in [1.807, 2.05) is 13.8 Å². The van der Waals surface area contributed by atoms with Gasteiger partial charge in [0.25, 0.3) is 5.97 Å². The maximum Gasteiger partial charge on any atom is 0.719 e. The summed E-state index contributed by atoms with van der Waals surface area (Å²) < 4.78 is 24.8. The molecule has 0 aromatic carbocycles. The van der Waals surface area contributed by atoms with E-state index in [-0.39, 0.29) is 11.9 Å². The summed E-state index contributed by atoms with van der Waals surface area (Å²) in [5, 5.41) is 0. The summed E-state index contributed by atoms with van der Waals surface area (Å²) in [7, 11) is -9.58. The van der Waals surface area contributed by atoms with Gasteiger partial charge in [-0.3, -0.25) is 4.79 Å². The molecular formula is C14H36O5Si4. The van der Waals surface area contributed by atoms with Crippen molar-refractivity contribution in [1.29, 1.82) is 0 Å². The lowest BCUT2D eigenvalue weighted by Crippen LogP contribution is -2.63. The predicted octanol–water partition coefficient (Wildman–Crippen LogP) is 4.57. The molecule has 0 saturated carbocycles. The van der Waals surface area contributed by atoms with Crippen molar-refractivity contribution in [2.45, 2.75) is 79.2 Å². The maximum atomic E-state index is 12.5. The Labute approximate surface area is 146 Å². The first-order valence-electron chi connectivity index (χ1n) is 8.32. The smallest absolute Gasteiger partial charge is 0.453 e. The van der Waals surface area contributed by atoms with Crippen LogP contribution in [0.1, 0.15) is 20.3 Å². The molecule has 0 spiro atoms. The molecule has 9 heteroatoms. The third-order valence-electron chi connectivity index (χ3n) is 2.53. The van der Waals surface area contributed by atoms with Crippen LogP contribution >= 0.6 is 0 Å². The van der Waals surface area contributed by atoms with Gasteiger partial charge < -0.3 is 16.8 Å². The van der Waals surface area contributed by atoms with E-state index in [1.165, 1.54) is 0 Å². The molecule has 0 fully saturated rings. The van der Waals surface area contributed by atoms with Gasteiger partial charge in [-0.2, -0.15) is 0 Å². The Balaban J connectivity index is 5.76. The molecule has 23 heavy (non-hydrogen) atoms. The van der Waals surface area contributed by atoms with Crippen molar-refractivity contribution < 1.29 is 21.6 Å². The lowest BCUT2D eigenvalue weighted by atomic mass is 10.1. The third kappa shape index (κ3) is 10.6. The van der Waals surface area contributed by atoms with Gasteiger partial charge in [-0.25, -0.2) is 0 Å². The standard InChI is InChI=1S/C14H36O5Si4/c1-12-13(2)14(15)16-23(17-20(3,4)5,18-21(6,7)8)19-22(9,10)11/h13H,12H2,1-11H3. The van der Waals surface area contributed by atoms with E-state index < -0.39 is 34.0 Å². The van der Waals surface area contributed by atoms with Crippen LogP contribution in [0.25, 0.3) is 0 Å². The molecule has 1 unspecified atom stereocenters. The van der Waals surface area contributed by atoms with Crippen molar-refractivity contribution in [3.05, 3.63) is 0 Å². The van der Waals surface area contributed by atoms with E-state index >= 15 is 0 Å². The summed E-state index contributed by atoms with van der Waals surface area (Å²) in [6.07, 6.45) is 0.718. The highest BCUT2D eigenvalue weighted by Gasteiger charge is 2.57. The third-order valence-corrected chi connectivity index (χ3v) is 13.3. The molecule has 0 aromatic rings. The molecule has 0 aromatic heterocycles. The molecule has 0 aliphatic carbocycles. The van der Waals surface area contributed by atoms with E-state index in [0.717, 1.165) is 6.42 Å². The van der Waals surface area contributed by atoms with Crippen LogP contribution in [0.4, 0.5) is 0 Å². The van der Waals surface area contributed by atoms with Crippen molar-refractivity contribution >= 4 is 40.0 Å². The van der Waals surface area contributed by atoms with Crippen LogP contribution in [-0.4, -0.2) is 40.0 Å². The fourth-order valence-electron chi connectivity index (χ4n) is 1.64. The molecule has 0 saturated heterocycles. The van der Waals surface area contributed by atoms with Gasteiger partial charge in [0.05, 0.1) is 5.92 Å². The topological polar surface area (TPSA) is 54.0 Å². The molecule has 0 aliphatic heterocycles. The molecule has 0 amide bonds. The van der Waals surface area contributed by atoms with Crippen molar-refractivity contribution in [3.8, 4) is 0 Å². The van der Waals surface area contributed by atoms with E-state index in [4.69, 9.17) is 16.8 Å². The quantitative estimate of drug-likeness (QED) is 0.534. The summed E-state index contributed by atoms with van der Waals surface area (Å²) in [4.78, 5) is 12.5. The largest absolute Gasteiger partial charge is 0.719 e. The number of hydrogen-bond acceptors (Lipinski definition) is 5. The molecule has 0 bridgehead atoms. The molecule has 138 valence electrons. The molecular weight excluding hydrogens is 360 g/mol. The minimum Gasteiger partial charge on any atom is -0.453 e. The fourth-order valence-corrected chi connectivity index (χ4v) is 13.2. The van der Waals surface area contributed by atoms with Crippen LogP contribution in [0.2, 0.25) is 58.9 Å². The zero-order valence-corrected chi connectivity index (χ0v) is 20.8. The molecule has 0 rings (SSSR count). The van der Waals surface area contributed by atoms with Gasteiger partial charge in [-0.05, 0) is 65.3 Å². The summed E-state index contributed by atoms with van der Waals surface area (Å²) >= 11 is 0. The average Bonchev–Trinajstić information content (AvgIpc) is 2.19. The van der Waals surface area contributed by atoms with Crippen LogP contribution in [0.15, 0.2) is 0 Å². The Bertz CT molecular complexity index is 355. The number of carbonyl (C=O) groups is 1. The monoisotopic (exact) mass is 396 g/mol. The Kier molecular flexibility index (Phi) is 8.14. The Morgan fingerprint density at radius 3 is 1.30 bits per heavy atom. The van der Waals surface area contributed by atoms with E-state index in [2.05, 4.69) is 58.9 Å².